The van der Waals surface area contributed by atoms with Gasteiger partial charge in [0.25, 0.3) is 0 Å². The number of hydrogen-bond acceptors (Lipinski definition) is 5. The lowest BCUT2D eigenvalue weighted by atomic mass is 10.1. The molecule has 0 aliphatic carbocycles. The quantitative estimate of drug-likeness (QED) is 0.629. The van der Waals surface area contributed by atoms with E-state index in [1.165, 1.54) is 13.0 Å². The number of hydrogen-bond donors (Lipinski definition) is 1. The molecule has 1 aromatic rings. The average molecular weight is 392 g/mol. The largest absolute Gasteiger partial charge is 0.465 e. The number of ether oxygens (including phenoxy) is 1. The highest BCUT2D eigenvalue weighted by Crippen LogP contribution is 2.47. The van der Waals surface area contributed by atoms with Crippen LogP contribution in [0.1, 0.15) is 20.8 Å². The van der Waals surface area contributed by atoms with Crippen molar-refractivity contribution in [3.8, 4) is 6.07 Å². The van der Waals surface area contributed by atoms with Crippen molar-refractivity contribution in [3.63, 3.8) is 0 Å². The summed E-state index contributed by atoms with van der Waals surface area (Å²) in [6.45, 7) is 1.17. The molecule has 25 heavy (non-hydrogen) atoms. The fraction of sp³-hybridized carbons (Fsp3) is 0.417. The van der Waals surface area contributed by atoms with E-state index in [2.05, 4.69) is 4.74 Å². The van der Waals surface area contributed by atoms with Crippen LogP contribution >= 0.6 is 11.3 Å². The van der Waals surface area contributed by atoms with Gasteiger partial charge >= 0.3 is 29.9 Å². The summed E-state index contributed by atoms with van der Waals surface area (Å²) in [5.41, 5.74) is -0.676. The molecule has 13 heteroatoms. The maximum atomic E-state index is 13.3. The van der Waals surface area contributed by atoms with Crippen LogP contribution in [0.2, 0.25) is 0 Å². The first-order chi connectivity index (χ1) is 11.2. The molecule has 1 heterocycles. The molecule has 0 spiro atoms. The molecule has 138 valence electrons. The molecule has 0 unspecified atom stereocenters. The molecular weight excluding hydrogens is 385 g/mol. The van der Waals surface area contributed by atoms with Crippen LogP contribution in [0.3, 0.4) is 0 Å². The van der Waals surface area contributed by atoms with Gasteiger partial charge in [0.05, 0.1) is 12.7 Å². The van der Waals surface area contributed by atoms with Gasteiger partial charge in [0.15, 0.2) is 0 Å². The topological polar surface area (TPSA) is 79.2 Å². The molecule has 0 aliphatic rings. The standard InChI is InChI=1S/C12H7F7N2O3S/c1-4-5(3-20)7(25-6(4)8(22)24-2)21-9(23)10(13,14)11(15,16)12(17,18)19/h1-2H3,(H,21,23). The fourth-order valence-corrected chi connectivity index (χ4v) is 2.60. The Morgan fingerprint density at radius 1 is 1.16 bits per heavy atom. The normalized spacial score (nSPS) is 12.5. The molecule has 1 amide bonds. The van der Waals surface area contributed by atoms with Gasteiger partial charge in [0, 0.05) is 0 Å². The van der Waals surface area contributed by atoms with Crippen molar-refractivity contribution in [2.45, 2.75) is 24.9 Å². The SMILES string of the molecule is COC(=O)c1sc(NC(=O)C(F)(F)C(F)(F)C(F)(F)F)c(C#N)c1C. The summed E-state index contributed by atoms with van der Waals surface area (Å²) >= 11 is 0.217. The Hall–Kier alpha value is -2.36. The van der Waals surface area contributed by atoms with Crippen LogP contribution in [0.15, 0.2) is 0 Å². The van der Waals surface area contributed by atoms with Crippen LogP contribution in [0.5, 0.6) is 0 Å². The minimum atomic E-state index is -6.69. The van der Waals surface area contributed by atoms with Crippen molar-refractivity contribution >= 4 is 28.2 Å². The van der Waals surface area contributed by atoms with Crippen LogP contribution in [-0.4, -0.2) is 37.0 Å². The minimum absolute atomic E-state index is 0.124. The minimum Gasteiger partial charge on any atom is -0.465 e. The van der Waals surface area contributed by atoms with Crippen molar-refractivity contribution in [2.75, 3.05) is 12.4 Å². The Labute approximate surface area is 139 Å². The van der Waals surface area contributed by atoms with Crippen LogP contribution in [0.25, 0.3) is 0 Å². The second-order valence-corrected chi connectivity index (χ2v) is 5.48. The van der Waals surface area contributed by atoms with Crippen LogP contribution in [0.4, 0.5) is 35.7 Å². The Kier molecular flexibility index (Phi) is 5.38. The summed E-state index contributed by atoms with van der Waals surface area (Å²) in [5.74, 6) is -16.8. The number of halogens is 7. The first kappa shape index (κ1) is 20.7. The van der Waals surface area contributed by atoms with Crippen LogP contribution in [-0.2, 0) is 9.53 Å². The second kappa shape index (κ2) is 6.51. The molecule has 0 aliphatic heterocycles. The van der Waals surface area contributed by atoms with E-state index in [1.54, 1.807) is 0 Å². The lowest BCUT2D eigenvalue weighted by Crippen LogP contribution is -2.57. The second-order valence-electron chi connectivity index (χ2n) is 4.46. The number of nitriles is 1. The molecule has 1 N–H and O–H groups in total. The number of rotatable bonds is 4. The number of nitrogens with one attached hydrogen (secondary N) is 1. The van der Waals surface area contributed by atoms with E-state index in [9.17, 15) is 40.3 Å². The number of carbonyl (C=O) groups excluding carboxylic acids is 2. The fourth-order valence-electron chi connectivity index (χ4n) is 1.53. The van der Waals surface area contributed by atoms with E-state index >= 15 is 0 Å². The van der Waals surface area contributed by atoms with E-state index in [0.29, 0.717) is 0 Å². The van der Waals surface area contributed by atoms with Crippen molar-refractivity contribution in [2.24, 2.45) is 0 Å². The van der Waals surface area contributed by atoms with Crippen molar-refractivity contribution < 1.29 is 45.1 Å². The summed E-state index contributed by atoms with van der Waals surface area (Å²) in [4.78, 5) is 22.4. The summed E-state index contributed by atoms with van der Waals surface area (Å²) in [6.07, 6.45) is -6.69. The smallest absolute Gasteiger partial charge is 0.460 e. The molecule has 0 saturated heterocycles. The van der Waals surface area contributed by atoms with E-state index < -0.39 is 40.5 Å². The van der Waals surface area contributed by atoms with Gasteiger partial charge in [-0.2, -0.15) is 36.0 Å². The number of amides is 1. The van der Waals surface area contributed by atoms with E-state index in [-0.39, 0.29) is 21.8 Å². The molecule has 1 aromatic heterocycles. The number of alkyl halides is 7. The third-order valence-corrected chi connectivity index (χ3v) is 4.08. The summed E-state index contributed by atoms with van der Waals surface area (Å²) in [5, 5.41) is 9.26. The molecule has 0 fully saturated rings. The summed E-state index contributed by atoms with van der Waals surface area (Å²) in [6, 6.07) is 1.42. The van der Waals surface area contributed by atoms with Gasteiger partial charge in [-0.15, -0.1) is 11.3 Å². The zero-order chi connectivity index (χ0) is 19.8. The van der Waals surface area contributed by atoms with E-state index in [1.807, 2.05) is 0 Å². The number of anilines is 1. The number of thiophene rings is 1. The molecular formula is C12H7F7N2O3S. The lowest BCUT2D eigenvalue weighted by Gasteiger charge is -2.26. The van der Waals surface area contributed by atoms with E-state index in [0.717, 1.165) is 12.4 Å². The lowest BCUT2D eigenvalue weighted by molar-refractivity contribution is -0.343. The van der Waals surface area contributed by atoms with E-state index in [4.69, 9.17) is 5.26 Å². The molecule has 0 aromatic carbocycles. The third-order valence-electron chi connectivity index (χ3n) is 2.89. The molecule has 1 rings (SSSR count). The first-order valence-corrected chi connectivity index (χ1v) is 6.79. The van der Waals surface area contributed by atoms with Gasteiger partial charge in [-0.1, -0.05) is 0 Å². The van der Waals surface area contributed by atoms with Crippen molar-refractivity contribution in [1.29, 1.82) is 5.26 Å². The molecule has 0 saturated carbocycles. The van der Waals surface area contributed by atoms with Gasteiger partial charge in [0.2, 0.25) is 0 Å². The van der Waals surface area contributed by atoms with Crippen LogP contribution < -0.4 is 5.32 Å². The van der Waals surface area contributed by atoms with Crippen molar-refractivity contribution in [3.05, 3.63) is 16.0 Å². The number of nitrogens with zero attached hydrogens (tertiary/aromatic N) is 1. The molecule has 0 atom stereocenters. The molecule has 0 radical (unpaired) electrons. The highest BCUT2D eigenvalue weighted by molar-refractivity contribution is 7.18. The molecule has 0 bridgehead atoms. The van der Waals surface area contributed by atoms with Gasteiger partial charge in [0.1, 0.15) is 15.9 Å². The van der Waals surface area contributed by atoms with Crippen LogP contribution in [0, 0.1) is 18.3 Å². The monoisotopic (exact) mass is 392 g/mol. The summed E-state index contributed by atoms with van der Waals surface area (Å²) in [7, 11) is 0.948. The molecule has 5 nitrogen and oxygen atoms in total. The average Bonchev–Trinajstić information content (AvgIpc) is 2.80. The Balaban J connectivity index is 3.29. The Morgan fingerprint density at radius 3 is 2.08 bits per heavy atom. The highest BCUT2D eigenvalue weighted by atomic mass is 32.1. The zero-order valence-electron chi connectivity index (χ0n) is 12.2. The number of esters is 1. The third kappa shape index (κ3) is 3.39. The maximum absolute atomic E-state index is 13.3. The first-order valence-electron chi connectivity index (χ1n) is 5.98. The number of carbonyl (C=O) groups is 2. The van der Waals surface area contributed by atoms with Gasteiger partial charge in [-0.3, -0.25) is 4.79 Å². The van der Waals surface area contributed by atoms with Gasteiger partial charge < -0.3 is 10.1 Å². The Morgan fingerprint density at radius 2 is 1.68 bits per heavy atom. The van der Waals surface area contributed by atoms with Gasteiger partial charge in [-0.25, -0.2) is 4.79 Å². The predicted molar refractivity (Wildman–Crippen MR) is 69.7 cm³/mol. The Bertz CT molecular complexity index is 749. The highest BCUT2D eigenvalue weighted by Gasteiger charge is 2.76. The maximum Gasteiger partial charge on any atom is 0.460 e. The summed E-state index contributed by atoms with van der Waals surface area (Å²) < 4.78 is 92.8. The van der Waals surface area contributed by atoms with Gasteiger partial charge in [-0.05, 0) is 12.5 Å². The van der Waals surface area contributed by atoms with Crippen molar-refractivity contribution in [1.82, 2.24) is 0 Å². The number of methoxy groups -OCH3 is 1. The predicted octanol–water partition coefficient (Wildman–Crippen LogP) is 3.49. The zero-order valence-corrected chi connectivity index (χ0v) is 13.0.